The smallest absolute Gasteiger partial charge is 0.271 e. The second-order valence-electron chi connectivity index (χ2n) is 4.28. The van der Waals surface area contributed by atoms with Gasteiger partial charge in [-0.05, 0) is 30.3 Å². The van der Waals surface area contributed by atoms with E-state index < -0.39 is 0 Å². The van der Waals surface area contributed by atoms with Crippen LogP contribution in [0.5, 0.6) is 0 Å². The summed E-state index contributed by atoms with van der Waals surface area (Å²) in [7, 11) is 3.77. The highest BCUT2D eigenvalue weighted by atomic mass is 79.9. The summed E-state index contributed by atoms with van der Waals surface area (Å²) in [4.78, 5) is 13.6. The van der Waals surface area contributed by atoms with E-state index in [9.17, 15) is 4.79 Å². The number of nitrogens with one attached hydrogen (secondary N) is 1. The van der Waals surface area contributed by atoms with Crippen LogP contribution in [0.1, 0.15) is 16.1 Å². The van der Waals surface area contributed by atoms with Crippen molar-refractivity contribution in [2.45, 2.75) is 0 Å². The molecule has 20 heavy (non-hydrogen) atoms. The fourth-order valence-corrected chi connectivity index (χ4v) is 1.74. The molecule has 1 heterocycles. The SMILES string of the molecule is CN(C)c1ccc(/C=N\NC(=O)c2ccc(Br)cc2)o1. The van der Waals surface area contributed by atoms with Gasteiger partial charge in [0, 0.05) is 30.2 Å². The molecule has 0 aliphatic rings. The molecule has 0 spiro atoms. The molecule has 6 heteroatoms. The molecule has 2 rings (SSSR count). The number of hydrogen-bond acceptors (Lipinski definition) is 4. The van der Waals surface area contributed by atoms with Crippen LogP contribution in [0.2, 0.25) is 0 Å². The standard InChI is InChI=1S/C14H14BrN3O2/c1-18(2)13-8-7-12(20-13)9-16-17-14(19)10-3-5-11(15)6-4-10/h3-9H,1-2H3,(H,17,19)/b16-9-. The Kier molecular flexibility index (Phi) is 4.57. The first-order valence-corrected chi connectivity index (χ1v) is 6.71. The molecule has 5 nitrogen and oxygen atoms in total. The van der Waals surface area contributed by atoms with Crippen molar-refractivity contribution >= 4 is 33.9 Å². The Morgan fingerprint density at radius 1 is 1.25 bits per heavy atom. The largest absolute Gasteiger partial charge is 0.440 e. The number of benzene rings is 1. The lowest BCUT2D eigenvalue weighted by molar-refractivity contribution is 0.0955. The van der Waals surface area contributed by atoms with Crippen molar-refractivity contribution in [2.24, 2.45) is 5.10 Å². The molecule has 0 saturated heterocycles. The normalized spacial score (nSPS) is 10.8. The highest BCUT2D eigenvalue weighted by molar-refractivity contribution is 9.10. The van der Waals surface area contributed by atoms with Gasteiger partial charge in [0.2, 0.25) is 0 Å². The number of carbonyl (C=O) groups is 1. The van der Waals surface area contributed by atoms with Crippen molar-refractivity contribution in [1.82, 2.24) is 5.43 Å². The number of anilines is 1. The first-order valence-electron chi connectivity index (χ1n) is 5.92. The highest BCUT2D eigenvalue weighted by Gasteiger charge is 2.04. The van der Waals surface area contributed by atoms with Gasteiger partial charge in [-0.2, -0.15) is 5.10 Å². The number of halogens is 1. The lowest BCUT2D eigenvalue weighted by Gasteiger charge is -2.05. The number of hydrogen-bond donors (Lipinski definition) is 1. The molecule has 2 aromatic rings. The minimum atomic E-state index is -0.270. The Balaban J connectivity index is 1.95. The van der Waals surface area contributed by atoms with E-state index in [-0.39, 0.29) is 5.91 Å². The average molecular weight is 336 g/mol. The number of carbonyl (C=O) groups excluding carboxylic acids is 1. The lowest BCUT2D eigenvalue weighted by Crippen LogP contribution is -2.17. The van der Waals surface area contributed by atoms with Crippen molar-refractivity contribution in [1.29, 1.82) is 0 Å². The van der Waals surface area contributed by atoms with Gasteiger partial charge in [0.05, 0.1) is 6.21 Å². The van der Waals surface area contributed by atoms with Gasteiger partial charge in [-0.1, -0.05) is 15.9 Å². The molecule has 0 unspecified atom stereocenters. The van der Waals surface area contributed by atoms with E-state index >= 15 is 0 Å². The number of nitrogens with zero attached hydrogens (tertiary/aromatic N) is 2. The van der Waals surface area contributed by atoms with Crippen LogP contribution in [-0.2, 0) is 0 Å². The molecule has 1 amide bonds. The second kappa shape index (κ2) is 6.38. The van der Waals surface area contributed by atoms with Crippen molar-refractivity contribution in [3.8, 4) is 0 Å². The number of hydrazone groups is 1. The van der Waals surface area contributed by atoms with Crippen LogP contribution in [-0.4, -0.2) is 26.2 Å². The summed E-state index contributed by atoms with van der Waals surface area (Å²) < 4.78 is 6.39. The summed E-state index contributed by atoms with van der Waals surface area (Å²) in [6, 6.07) is 10.6. The molecule has 0 bridgehead atoms. The average Bonchev–Trinajstić information content (AvgIpc) is 2.88. The van der Waals surface area contributed by atoms with Crippen LogP contribution in [0.4, 0.5) is 5.88 Å². The van der Waals surface area contributed by atoms with Gasteiger partial charge < -0.3 is 9.32 Å². The molecule has 104 valence electrons. The van der Waals surface area contributed by atoms with Crippen LogP contribution in [0.25, 0.3) is 0 Å². The van der Waals surface area contributed by atoms with Crippen molar-refractivity contribution in [3.63, 3.8) is 0 Å². The maximum Gasteiger partial charge on any atom is 0.271 e. The van der Waals surface area contributed by atoms with Gasteiger partial charge in [-0.25, -0.2) is 5.43 Å². The number of amides is 1. The van der Waals surface area contributed by atoms with E-state index in [0.717, 1.165) is 10.4 Å². The Morgan fingerprint density at radius 2 is 1.95 bits per heavy atom. The van der Waals surface area contributed by atoms with Gasteiger partial charge >= 0.3 is 0 Å². The van der Waals surface area contributed by atoms with E-state index in [1.165, 1.54) is 6.21 Å². The molecule has 0 fully saturated rings. The highest BCUT2D eigenvalue weighted by Crippen LogP contribution is 2.14. The molecule has 0 aliphatic heterocycles. The Labute approximate surface area is 125 Å². The van der Waals surface area contributed by atoms with Gasteiger partial charge in [0.25, 0.3) is 5.91 Å². The van der Waals surface area contributed by atoms with Gasteiger partial charge in [-0.3, -0.25) is 4.79 Å². The van der Waals surface area contributed by atoms with Crippen LogP contribution in [0, 0.1) is 0 Å². The Bertz CT molecular complexity index is 618. The maximum absolute atomic E-state index is 11.8. The zero-order chi connectivity index (χ0) is 14.5. The zero-order valence-electron chi connectivity index (χ0n) is 11.1. The summed E-state index contributed by atoms with van der Waals surface area (Å²) in [5, 5.41) is 3.86. The van der Waals surface area contributed by atoms with E-state index in [1.54, 1.807) is 30.3 Å². The summed E-state index contributed by atoms with van der Waals surface area (Å²) in [5.74, 6) is 1.03. The third-order valence-electron chi connectivity index (χ3n) is 2.52. The third kappa shape index (κ3) is 3.71. The Hall–Kier alpha value is -2.08. The minimum absolute atomic E-state index is 0.270. The molecular weight excluding hydrogens is 322 g/mol. The fourth-order valence-electron chi connectivity index (χ4n) is 1.47. The lowest BCUT2D eigenvalue weighted by atomic mass is 10.2. The molecule has 0 aliphatic carbocycles. The molecule has 0 atom stereocenters. The second-order valence-corrected chi connectivity index (χ2v) is 5.19. The van der Waals surface area contributed by atoms with Crippen LogP contribution < -0.4 is 10.3 Å². The van der Waals surface area contributed by atoms with E-state index in [4.69, 9.17) is 4.42 Å². The minimum Gasteiger partial charge on any atom is -0.440 e. The monoisotopic (exact) mass is 335 g/mol. The van der Waals surface area contributed by atoms with E-state index in [1.807, 2.05) is 25.1 Å². The van der Waals surface area contributed by atoms with Crippen molar-refractivity contribution < 1.29 is 9.21 Å². The third-order valence-corrected chi connectivity index (χ3v) is 3.05. The Morgan fingerprint density at radius 3 is 2.55 bits per heavy atom. The van der Waals surface area contributed by atoms with Gasteiger partial charge in [0.1, 0.15) is 5.76 Å². The van der Waals surface area contributed by atoms with Crippen LogP contribution in [0.15, 0.2) is 50.4 Å². The fraction of sp³-hybridized carbons (Fsp3) is 0.143. The van der Waals surface area contributed by atoms with E-state index in [0.29, 0.717) is 11.3 Å². The molecule has 1 N–H and O–H groups in total. The zero-order valence-corrected chi connectivity index (χ0v) is 12.7. The van der Waals surface area contributed by atoms with Crippen LogP contribution >= 0.6 is 15.9 Å². The van der Waals surface area contributed by atoms with E-state index in [2.05, 4.69) is 26.5 Å². The predicted octanol–water partition coefficient (Wildman–Crippen LogP) is 2.87. The van der Waals surface area contributed by atoms with Gasteiger partial charge in [0.15, 0.2) is 5.88 Å². The van der Waals surface area contributed by atoms with Gasteiger partial charge in [-0.15, -0.1) is 0 Å². The molecule has 1 aromatic carbocycles. The summed E-state index contributed by atoms with van der Waals surface area (Å²) >= 11 is 3.31. The summed E-state index contributed by atoms with van der Waals surface area (Å²) in [6.07, 6.45) is 1.46. The summed E-state index contributed by atoms with van der Waals surface area (Å²) in [5.41, 5.74) is 2.99. The number of rotatable bonds is 4. The molecule has 1 aromatic heterocycles. The van der Waals surface area contributed by atoms with Crippen molar-refractivity contribution in [2.75, 3.05) is 19.0 Å². The molecule has 0 saturated carbocycles. The quantitative estimate of drug-likeness (QED) is 0.690. The first kappa shape index (κ1) is 14.3. The van der Waals surface area contributed by atoms with Crippen molar-refractivity contribution in [3.05, 3.63) is 52.2 Å². The molecule has 0 radical (unpaired) electrons. The van der Waals surface area contributed by atoms with Crippen LogP contribution in [0.3, 0.4) is 0 Å². The first-order chi connectivity index (χ1) is 9.56. The topological polar surface area (TPSA) is 57.8 Å². The number of furan rings is 1. The maximum atomic E-state index is 11.8. The predicted molar refractivity (Wildman–Crippen MR) is 82.2 cm³/mol. The summed E-state index contributed by atoms with van der Waals surface area (Å²) in [6.45, 7) is 0. The molecular formula is C14H14BrN3O2.